The molecule has 0 bridgehead atoms. The highest BCUT2D eigenvalue weighted by atomic mass is 19.1. The van der Waals surface area contributed by atoms with E-state index in [1.165, 1.54) is 44.2 Å². The zero-order valence-corrected chi connectivity index (χ0v) is 20.3. The molecular weight excluding hydrogens is 458 g/mol. The average molecular weight is 487 g/mol. The van der Waals surface area contributed by atoms with Crippen LogP contribution in [0.4, 0.5) is 8.78 Å². The summed E-state index contributed by atoms with van der Waals surface area (Å²) in [6.07, 6.45) is 0. The van der Waals surface area contributed by atoms with Crippen molar-refractivity contribution in [2.75, 3.05) is 6.54 Å². The fourth-order valence-corrected chi connectivity index (χ4v) is 4.05. The number of pyridine rings is 1. The molecule has 0 fully saturated rings. The highest BCUT2D eigenvalue weighted by Gasteiger charge is 2.27. The van der Waals surface area contributed by atoms with E-state index in [-0.39, 0.29) is 29.3 Å². The molecule has 0 aliphatic carbocycles. The summed E-state index contributed by atoms with van der Waals surface area (Å²) >= 11 is 0. The molecule has 1 aromatic heterocycles. The molecular formula is C30H28F2N2O2. The van der Waals surface area contributed by atoms with Crippen molar-refractivity contribution in [3.05, 3.63) is 125 Å². The van der Waals surface area contributed by atoms with Crippen LogP contribution in [0.5, 0.6) is 0 Å². The predicted molar refractivity (Wildman–Crippen MR) is 136 cm³/mol. The molecule has 0 saturated heterocycles. The molecule has 0 spiro atoms. The van der Waals surface area contributed by atoms with Gasteiger partial charge in [-0.3, -0.25) is 9.69 Å². The van der Waals surface area contributed by atoms with E-state index in [2.05, 4.69) is 4.98 Å². The molecule has 184 valence electrons. The maximum atomic E-state index is 15.4. The molecule has 36 heavy (non-hydrogen) atoms. The lowest BCUT2D eigenvalue weighted by Crippen LogP contribution is -2.30. The number of aromatic nitrogens is 1. The Labute approximate surface area is 209 Å². The van der Waals surface area contributed by atoms with E-state index in [1.54, 1.807) is 0 Å². The number of halogens is 2. The normalized spacial score (nSPS) is 11.6. The van der Waals surface area contributed by atoms with E-state index in [1.807, 2.05) is 65.6 Å². The second-order valence-electron chi connectivity index (χ2n) is 9.32. The van der Waals surface area contributed by atoms with Gasteiger partial charge < -0.3 is 5.11 Å². The molecule has 0 aliphatic heterocycles. The monoisotopic (exact) mass is 486 g/mol. The summed E-state index contributed by atoms with van der Waals surface area (Å²) in [7, 11) is 0. The molecule has 1 heterocycles. The van der Waals surface area contributed by atoms with Gasteiger partial charge in [-0.2, -0.15) is 0 Å². The Hall–Kier alpha value is -3.74. The number of benzene rings is 3. The minimum absolute atomic E-state index is 0.0383. The Morgan fingerprint density at radius 1 is 0.861 bits per heavy atom. The second-order valence-corrected chi connectivity index (χ2v) is 9.32. The number of carbonyl (C=O) groups is 1. The van der Waals surface area contributed by atoms with Crippen molar-refractivity contribution in [2.24, 2.45) is 0 Å². The quantitative estimate of drug-likeness (QED) is 0.289. The number of ketones is 1. The number of Topliss-reactive ketones (excluding diaryl/α,β-unsaturated/α-hetero) is 1. The van der Waals surface area contributed by atoms with E-state index >= 15 is 4.39 Å². The molecule has 4 rings (SSSR count). The maximum absolute atomic E-state index is 15.4. The number of nitrogens with zero attached hydrogens (tertiary/aromatic N) is 2. The van der Waals surface area contributed by atoms with Crippen LogP contribution in [0.15, 0.2) is 91.0 Å². The molecule has 0 saturated carbocycles. The minimum atomic E-state index is -1.55. The van der Waals surface area contributed by atoms with Crippen LogP contribution in [0, 0.1) is 11.6 Å². The van der Waals surface area contributed by atoms with Crippen molar-refractivity contribution in [3.8, 4) is 11.3 Å². The summed E-state index contributed by atoms with van der Waals surface area (Å²) in [5.41, 5.74) is 0.770. The van der Waals surface area contributed by atoms with Crippen LogP contribution >= 0.6 is 0 Å². The van der Waals surface area contributed by atoms with Gasteiger partial charge in [-0.1, -0.05) is 60.7 Å². The van der Waals surface area contributed by atoms with Gasteiger partial charge in [-0.25, -0.2) is 13.8 Å². The molecule has 4 nitrogen and oxygen atoms in total. The largest absolute Gasteiger partial charge is 0.386 e. The summed E-state index contributed by atoms with van der Waals surface area (Å²) in [5.74, 6) is -1.52. The number of aliphatic hydroxyl groups is 1. The van der Waals surface area contributed by atoms with E-state index in [9.17, 15) is 14.3 Å². The first kappa shape index (κ1) is 25.4. The molecule has 0 amide bonds. The van der Waals surface area contributed by atoms with Crippen LogP contribution in [0.25, 0.3) is 11.3 Å². The van der Waals surface area contributed by atoms with Gasteiger partial charge in [0, 0.05) is 24.2 Å². The van der Waals surface area contributed by atoms with Crippen molar-refractivity contribution in [2.45, 2.75) is 32.5 Å². The minimum Gasteiger partial charge on any atom is -0.386 e. The molecule has 6 heteroatoms. The van der Waals surface area contributed by atoms with Crippen LogP contribution < -0.4 is 0 Å². The third kappa shape index (κ3) is 6.27. The Morgan fingerprint density at radius 3 is 1.89 bits per heavy atom. The summed E-state index contributed by atoms with van der Waals surface area (Å²) in [5, 5.41) is 10.6. The van der Waals surface area contributed by atoms with Gasteiger partial charge in [-0.05, 0) is 55.3 Å². The zero-order chi connectivity index (χ0) is 25.7. The topological polar surface area (TPSA) is 53.4 Å². The molecule has 4 aromatic rings. The number of hydrogen-bond acceptors (Lipinski definition) is 4. The van der Waals surface area contributed by atoms with Crippen molar-refractivity contribution in [1.82, 2.24) is 9.88 Å². The molecule has 0 aliphatic rings. The van der Waals surface area contributed by atoms with Gasteiger partial charge in [0.15, 0.2) is 11.6 Å². The van der Waals surface area contributed by atoms with Crippen LogP contribution in [0.2, 0.25) is 0 Å². The Bertz CT molecular complexity index is 1280. The molecule has 0 atom stereocenters. The third-order valence-electron chi connectivity index (χ3n) is 5.89. The predicted octanol–water partition coefficient (Wildman–Crippen LogP) is 6.14. The third-order valence-corrected chi connectivity index (χ3v) is 5.89. The van der Waals surface area contributed by atoms with Gasteiger partial charge in [0.25, 0.3) is 0 Å². The van der Waals surface area contributed by atoms with Crippen molar-refractivity contribution < 1.29 is 18.7 Å². The van der Waals surface area contributed by atoms with Crippen molar-refractivity contribution in [3.63, 3.8) is 0 Å². The average Bonchev–Trinajstić information content (AvgIpc) is 2.85. The van der Waals surface area contributed by atoms with E-state index in [0.29, 0.717) is 18.7 Å². The maximum Gasteiger partial charge on any atom is 0.195 e. The van der Waals surface area contributed by atoms with Crippen LogP contribution in [0.1, 0.15) is 41.0 Å². The van der Waals surface area contributed by atoms with Crippen LogP contribution in [-0.4, -0.2) is 27.3 Å². The fraction of sp³-hybridized carbons (Fsp3) is 0.200. The van der Waals surface area contributed by atoms with Crippen LogP contribution in [-0.2, 0) is 18.7 Å². The van der Waals surface area contributed by atoms with Gasteiger partial charge in [0.1, 0.15) is 17.2 Å². The SMILES string of the molecule is CC(C)(O)c1cc(C(=O)CN(Cc2ccccc2)Cc2ccccc2)nc(-c2ccc(F)cc2)c1F. The first-order chi connectivity index (χ1) is 17.2. The van der Waals surface area contributed by atoms with Gasteiger partial charge >= 0.3 is 0 Å². The lowest BCUT2D eigenvalue weighted by atomic mass is 9.94. The van der Waals surface area contributed by atoms with E-state index < -0.39 is 17.2 Å². The summed E-state index contributed by atoms with van der Waals surface area (Å²) < 4.78 is 28.9. The standard InChI is InChI=1S/C30H28F2N2O2/c1-30(2,36)25-17-26(33-29(28(25)32)23-13-15-24(31)16-14-23)27(35)20-34(18-21-9-5-3-6-10-21)19-22-11-7-4-8-12-22/h3-17,36H,18-20H2,1-2H3. The van der Waals surface area contributed by atoms with Crippen LogP contribution in [0.3, 0.4) is 0 Å². The van der Waals surface area contributed by atoms with Crippen molar-refractivity contribution in [1.29, 1.82) is 0 Å². The van der Waals surface area contributed by atoms with Gasteiger partial charge in [-0.15, -0.1) is 0 Å². The first-order valence-corrected chi connectivity index (χ1v) is 11.7. The van der Waals surface area contributed by atoms with Crippen molar-refractivity contribution >= 4 is 5.78 Å². The molecule has 0 unspecified atom stereocenters. The highest BCUT2D eigenvalue weighted by molar-refractivity contribution is 5.96. The van der Waals surface area contributed by atoms with E-state index in [4.69, 9.17) is 0 Å². The fourth-order valence-electron chi connectivity index (χ4n) is 4.05. The number of rotatable bonds is 9. The van der Waals surface area contributed by atoms with Gasteiger partial charge in [0.2, 0.25) is 0 Å². The van der Waals surface area contributed by atoms with Gasteiger partial charge in [0.05, 0.1) is 12.1 Å². The first-order valence-electron chi connectivity index (χ1n) is 11.7. The molecule has 3 aromatic carbocycles. The highest BCUT2D eigenvalue weighted by Crippen LogP contribution is 2.30. The number of carbonyl (C=O) groups excluding carboxylic acids is 1. The Morgan fingerprint density at radius 2 is 1.39 bits per heavy atom. The lowest BCUT2D eigenvalue weighted by Gasteiger charge is -2.23. The summed E-state index contributed by atoms with van der Waals surface area (Å²) in [6.45, 7) is 4.00. The smallest absolute Gasteiger partial charge is 0.195 e. The molecule has 0 radical (unpaired) electrons. The zero-order valence-electron chi connectivity index (χ0n) is 20.3. The Balaban J connectivity index is 1.69. The lowest BCUT2D eigenvalue weighted by molar-refractivity contribution is 0.0742. The summed E-state index contributed by atoms with van der Waals surface area (Å²) in [4.78, 5) is 19.8. The second kappa shape index (κ2) is 10.9. The summed E-state index contributed by atoms with van der Waals surface area (Å²) in [6, 6.07) is 26.2. The van der Waals surface area contributed by atoms with E-state index in [0.717, 1.165) is 11.1 Å². The molecule has 1 N–H and O–H groups in total. The number of hydrogen-bond donors (Lipinski definition) is 1. The Kier molecular flexibility index (Phi) is 7.67.